The van der Waals surface area contributed by atoms with Gasteiger partial charge in [0.25, 0.3) is 5.91 Å². The summed E-state index contributed by atoms with van der Waals surface area (Å²) in [6.07, 6.45) is 9.43. The summed E-state index contributed by atoms with van der Waals surface area (Å²) in [4.78, 5) is 12.2. The van der Waals surface area contributed by atoms with E-state index < -0.39 is 0 Å². The van der Waals surface area contributed by atoms with Crippen LogP contribution in [0.4, 0.5) is 0 Å². The summed E-state index contributed by atoms with van der Waals surface area (Å²) in [6.45, 7) is 7.48. The topological polar surface area (TPSA) is 52.9 Å². The van der Waals surface area contributed by atoms with Crippen LogP contribution in [0.3, 0.4) is 0 Å². The van der Waals surface area contributed by atoms with Crippen LogP contribution >= 0.6 is 0 Å². The van der Waals surface area contributed by atoms with Crippen LogP contribution in [0.25, 0.3) is 0 Å². The number of nitriles is 1. The summed E-state index contributed by atoms with van der Waals surface area (Å²) in [5, 5.41) is 11.9. The Hall–Kier alpha value is -1.82. The van der Waals surface area contributed by atoms with E-state index in [1.807, 2.05) is 6.07 Å². The molecule has 0 aliphatic heterocycles. The molecule has 0 heterocycles. The van der Waals surface area contributed by atoms with Gasteiger partial charge in [0, 0.05) is 17.2 Å². The number of amides is 1. The Bertz CT molecular complexity index is 440. The van der Waals surface area contributed by atoms with Gasteiger partial charge in [0.05, 0.1) is 6.07 Å². The lowest BCUT2D eigenvalue weighted by molar-refractivity contribution is -0.118. The third-order valence-corrected chi connectivity index (χ3v) is 3.54. The fourth-order valence-corrected chi connectivity index (χ4v) is 2.36. The Kier molecular flexibility index (Phi) is 6.08. The molecule has 0 saturated heterocycles. The largest absolute Gasteiger partial charge is 0.349 e. The second kappa shape index (κ2) is 7.58. The van der Waals surface area contributed by atoms with E-state index in [9.17, 15) is 4.79 Å². The maximum Gasteiger partial charge on any atom is 0.251 e. The van der Waals surface area contributed by atoms with E-state index in [0.717, 1.165) is 6.42 Å². The lowest BCUT2D eigenvalue weighted by atomic mass is 9.86. The molecular weight excluding hydrogens is 236 g/mol. The van der Waals surface area contributed by atoms with Crippen molar-refractivity contribution in [2.24, 2.45) is 5.92 Å². The second-order valence-electron chi connectivity index (χ2n) is 5.14. The average molecular weight is 258 g/mol. The standard InChI is InChI=1S/C16H22N2O/c1-4-7-14(10-12(2)11-17)16(19)18-15-9-6-5-8-13(15)3/h4,7,10,13,15H,1,5-6,8-9H2,2-3H3,(H,18,19)/b12-10+,14-7+. The summed E-state index contributed by atoms with van der Waals surface area (Å²) in [6, 6.07) is 2.27. The summed E-state index contributed by atoms with van der Waals surface area (Å²) < 4.78 is 0. The molecule has 102 valence electrons. The SMILES string of the molecule is C=C/C=C(\C=C(/C)C#N)C(=O)NC1CCCCC1C. The van der Waals surface area contributed by atoms with E-state index in [1.165, 1.54) is 19.3 Å². The van der Waals surface area contributed by atoms with Crippen molar-refractivity contribution in [3.8, 4) is 6.07 Å². The van der Waals surface area contributed by atoms with Crippen molar-refractivity contribution < 1.29 is 4.79 Å². The molecule has 2 unspecified atom stereocenters. The molecular formula is C16H22N2O. The molecule has 1 N–H and O–H groups in total. The molecule has 3 nitrogen and oxygen atoms in total. The highest BCUT2D eigenvalue weighted by Crippen LogP contribution is 2.24. The van der Waals surface area contributed by atoms with Gasteiger partial charge in [-0.05, 0) is 31.8 Å². The van der Waals surface area contributed by atoms with E-state index in [4.69, 9.17) is 5.26 Å². The molecule has 1 fully saturated rings. The monoisotopic (exact) mass is 258 g/mol. The molecule has 1 aliphatic carbocycles. The molecule has 3 heteroatoms. The number of rotatable bonds is 4. The first-order valence-electron chi connectivity index (χ1n) is 6.80. The van der Waals surface area contributed by atoms with Crippen molar-refractivity contribution >= 4 is 5.91 Å². The lowest BCUT2D eigenvalue weighted by Crippen LogP contribution is -2.41. The van der Waals surface area contributed by atoms with Gasteiger partial charge >= 0.3 is 0 Å². The van der Waals surface area contributed by atoms with Crippen LogP contribution in [0.1, 0.15) is 39.5 Å². The molecule has 0 spiro atoms. The number of nitrogens with one attached hydrogen (secondary N) is 1. The first-order chi connectivity index (χ1) is 9.08. The van der Waals surface area contributed by atoms with E-state index in [0.29, 0.717) is 17.1 Å². The molecule has 0 bridgehead atoms. The number of nitrogens with zero attached hydrogens (tertiary/aromatic N) is 1. The van der Waals surface area contributed by atoms with Crippen LogP contribution in [0, 0.1) is 17.2 Å². The van der Waals surface area contributed by atoms with Crippen molar-refractivity contribution in [2.45, 2.75) is 45.6 Å². The Morgan fingerprint density at radius 3 is 2.68 bits per heavy atom. The molecule has 1 amide bonds. The van der Waals surface area contributed by atoms with Crippen LogP contribution in [-0.4, -0.2) is 11.9 Å². The highest BCUT2D eigenvalue weighted by atomic mass is 16.1. The predicted octanol–water partition coefficient (Wildman–Crippen LogP) is 3.26. The van der Waals surface area contributed by atoms with Crippen LogP contribution < -0.4 is 5.32 Å². The normalized spacial score (nSPS) is 24.5. The van der Waals surface area contributed by atoms with Crippen LogP contribution in [0.15, 0.2) is 36.0 Å². The number of carbonyl (C=O) groups is 1. The lowest BCUT2D eigenvalue weighted by Gasteiger charge is -2.29. The molecule has 19 heavy (non-hydrogen) atoms. The van der Waals surface area contributed by atoms with Gasteiger partial charge in [-0.25, -0.2) is 0 Å². The third-order valence-electron chi connectivity index (χ3n) is 3.54. The zero-order chi connectivity index (χ0) is 14.3. The van der Waals surface area contributed by atoms with Gasteiger partial charge in [-0.15, -0.1) is 0 Å². The number of carbonyl (C=O) groups excluding carboxylic acids is 1. The van der Waals surface area contributed by atoms with Gasteiger partial charge in [-0.1, -0.05) is 38.5 Å². The van der Waals surface area contributed by atoms with Crippen molar-refractivity contribution in [3.63, 3.8) is 0 Å². The molecule has 0 aromatic rings. The minimum atomic E-state index is -0.117. The second-order valence-corrected chi connectivity index (χ2v) is 5.14. The van der Waals surface area contributed by atoms with Crippen molar-refractivity contribution in [3.05, 3.63) is 36.0 Å². The van der Waals surface area contributed by atoms with Gasteiger partial charge in [-0.3, -0.25) is 4.79 Å². The number of hydrogen-bond donors (Lipinski definition) is 1. The van der Waals surface area contributed by atoms with E-state index in [-0.39, 0.29) is 11.9 Å². The van der Waals surface area contributed by atoms with Crippen LogP contribution in [0.2, 0.25) is 0 Å². The summed E-state index contributed by atoms with van der Waals surface area (Å²) in [7, 11) is 0. The first-order valence-corrected chi connectivity index (χ1v) is 6.80. The molecule has 1 aliphatic rings. The average Bonchev–Trinajstić information content (AvgIpc) is 2.40. The van der Waals surface area contributed by atoms with E-state index >= 15 is 0 Å². The molecule has 2 atom stereocenters. The Balaban J connectivity index is 2.76. The maximum absolute atomic E-state index is 12.2. The van der Waals surface area contributed by atoms with Gasteiger partial charge < -0.3 is 5.32 Å². The van der Waals surface area contributed by atoms with E-state index in [1.54, 1.807) is 25.2 Å². The molecule has 1 saturated carbocycles. The minimum absolute atomic E-state index is 0.117. The van der Waals surface area contributed by atoms with E-state index in [2.05, 4.69) is 18.8 Å². The van der Waals surface area contributed by atoms with Crippen molar-refractivity contribution in [1.29, 1.82) is 5.26 Å². The predicted molar refractivity (Wildman–Crippen MR) is 77.2 cm³/mol. The molecule has 0 aromatic carbocycles. The zero-order valence-corrected chi connectivity index (χ0v) is 11.8. The van der Waals surface area contributed by atoms with Crippen molar-refractivity contribution in [1.82, 2.24) is 5.32 Å². The fraction of sp³-hybridized carbons (Fsp3) is 0.500. The maximum atomic E-state index is 12.2. The quantitative estimate of drug-likeness (QED) is 0.478. The zero-order valence-electron chi connectivity index (χ0n) is 11.8. The summed E-state index contributed by atoms with van der Waals surface area (Å²) in [5.74, 6) is 0.400. The Morgan fingerprint density at radius 2 is 2.11 bits per heavy atom. The molecule has 0 radical (unpaired) electrons. The minimum Gasteiger partial charge on any atom is -0.349 e. The van der Waals surface area contributed by atoms with Gasteiger partial charge in [0.2, 0.25) is 0 Å². The summed E-state index contributed by atoms with van der Waals surface area (Å²) in [5.41, 5.74) is 1.01. The van der Waals surface area contributed by atoms with Gasteiger partial charge in [-0.2, -0.15) is 5.26 Å². The van der Waals surface area contributed by atoms with Crippen LogP contribution in [-0.2, 0) is 4.79 Å². The summed E-state index contributed by atoms with van der Waals surface area (Å²) >= 11 is 0. The van der Waals surface area contributed by atoms with Gasteiger partial charge in [0.15, 0.2) is 0 Å². The highest BCUT2D eigenvalue weighted by molar-refractivity contribution is 5.96. The Labute approximate surface area is 115 Å². The number of hydrogen-bond acceptors (Lipinski definition) is 2. The van der Waals surface area contributed by atoms with Crippen molar-refractivity contribution in [2.75, 3.05) is 0 Å². The fourth-order valence-electron chi connectivity index (χ4n) is 2.36. The molecule has 0 aromatic heterocycles. The first kappa shape index (κ1) is 15.2. The molecule has 1 rings (SSSR count). The van der Waals surface area contributed by atoms with Gasteiger partial charge in [0.1, 0.15) is 0 Å². The number of allylic oxidation sites excluding steroid dienone is 3. The third kappa shape index (κ3) is 4.75. The van der Waals surface area contributed by atoms with Crippen LogP contribution in [0.5, 0.6) is 0 Å². The Morgan fingerprint density at radius 1 is 1.42 bits per heavy atom. The highest BCUT2D eigenvalue weighted by Gasteiger charge is 2.23. The smallest absolute Gasteiger partial charge is 0.251 e.